The van der Waals surface area contributed by atoms with Gasteiger partial charge in [-0.2, -0.15) is 0 Å². The maximum absolute atomic E-state index is 10.4. The molecule has 0 amide bonds. The first-order valence-electron chi connectivity index (χ1n) is 3.42. The van der Waals surface area contributed by atoms with Gasteiger partial charge >= 0.3 is 5.97 Å². The molecule has 0 aromatic carbocycles. The summed E-state index contributed by atoms with van der Waals surface area (Å²) in [6.07, 6.45) is 2.35. The van der Waals surface area contributed by atoms with Gasteiger partial charge in [-0.3, -0.25) is 0 Å². The lowest BCUT2D eigenvalue weighted by Gasteiger charge is -1.96. The van der Waals surface area contributed by atoms with E-state index in [1.54, 1.807) is 6.07 Å². The fourth-order valence-corrected chi connectivity index (χ4v) is 0.811. The molecule has 0 aliphatic carbocycles. The molecule has 0 saturated carbocycles. The highest BCUT2D eigenvalue weighted by Gasteiger charge is 2.02. The smallest absolute Gasteiger partial charge is 0.354 e. The van der Waals surface area contributed by atoms with Gasteiger partial charge in [-0.25, -0.2) is 9.78 Å². The first-order valence-corrected chi connectivity index (χ1v) is 3.42. The number of hydrogen-bond acceptors (Lipinski definition) is 2. The molecule has 0 aliphatic rings. The Balaban J connectivity index is 0.00000121. The number of rotatable bonds is 2. The number of carboxylic acid groups (broad SMARTS) is 1. The van der Waals surface area contributed by atoms with Crippen molar-refractivity contribution in [2.75, 3.05) is 0 Å². The SMILES string of the molecule is CCc1ccnc(C(=O)O)c1.Cl. The topological polar surface area (TPSA) is 50.2 Å². The normalized spacial score (nSPS) is 8.75. The van der Waals surface area contributed by atoms with E-state index in [4.69, 9.17) is 5.11 Å². The van der Waals surface area contributed by atoms with Crippen LogP contribution in [0.25, 0.3) is 0 Å². The Kier molecular flexibility index (Phi) is 4.29. The largest absolute Gasteiger partial charge is 0.477 e. The second-order valence-corrected chi connectivity index (χ2v) is 2.21. The summed E-state index contributed by atoms with van der Waals surface area (Å²) in [6, 6.07) is 3.40. The zero-order valence-corrected chi connectivity index (χ0v) is 7.47. The molecule has 1 N–H and O–H groups in total. The second kappa shape index (κ2) is 4.72. The van der Waals surface area contributed by atoms with Gasteiger partial charge in [0.25, 0.3) is 0 Å². The van der Waals surface area contributed by atoms with Crippen LogP contribution in [0.3, 0.4) is 0 Å². The molecule has 4 heteroatoms. The third kappa shape index (κ3) is 2.51. The van der Waals surface area contributed by atoms with E-state index >= 15 is 0 Å². The van der Waals surface area contributed by atoms with E-state index < -0.39 is 5.97 Å². The molecule has 0 fully saturated rings. The Hall–Kier alpha value is -1.09. The number of hydrogen-bond donors (Lipinski definition) is 1. The van der Waals surface area contributed by atoms with E-state index in [2.05, 4.69) is 4.98 Å². The average Bonchev–Trinajstić information content (AvgIpc) is 2.05. The van der Waals surface area contributed by atoms with Crippen molar-refractivity contribution in [3.8, 4) is 0 Å². The number of nitrogens with zero attached hydrogens (tertiary/aromatic N) is 1. The third-order valence-corrected chi connectivity index (χ3v) is 1.45. The van der Waals surface area contributed by atoms with Crippen molar-refractivity contribution in [2.24, 2.45) is 0 Å². The van der Waals surface area contributed by atoms with Crippen molar-refractivity contribution in [1.82, 2.24) is 4.98 Å². The van der Waals surface area contributed by atoms with Gasteiger partial charge in [-0.1, -0.05) is 6.92 Å². The van der Waals surface area contributed by atoms with E-state index in [0.29, 0.717) is 0 Å². The molecule has 3 nitrogen and oxygen atoms in total. The van der Waals surface area contributed by atoms with Crippen molar-refractivity contribution in [3.63, 3.8) is 0 Å². The molecule has 1 heterocycles. The van der Waals surface area contributed by atoms with E-state index in [0.717, 1.165) is 12.0 Å². The summed E-state index contributed by atoms with van der Waals surface area (Å²) in [5, 5.41) is 8.54. The summed E-state index contributed by atoms with van der Waals surface area (Å²) in [7, 11) is 0. The second-order valence-electron chi connectivity index (χ2n) is 2.21. The number of carboxylic acids is 1. The highest BCUT2D eigenvalue weighted by Crippen LogP contribution is 2.01. The van der Waals surface area contributed by atoms with Crippen molar-refractivity contribution in [3.05, 3.63) is 29.6 Å². The molecule has 66 valence electrons. The van der Waals surface area contributed by atoms with E-state index in [1.165, 1.54) is 6.20 Å². The van der Waals surface area contributed by atoms with Crippen molar-refractivity contribution in [1.29, 1.82) is 0 Å². The molecule has 1 rings (SSSR count). The molecule has 1 aromatic heterocycles. The van der Waals surface area contributed by atoms with E-state index in [1.807, 2.05) is 13.0 Å². The van der Waals surface area contributed by atoms with Crippen LogP contribution >= 0.6 is 12.4 Å². The zero-order valence-electron chi connectivity index (χ0n) is 6.65. The van der Waals surface area contributed by atoms with Gasteiger partial charge in [-0.05, 0) is 24.1 Å². The summed E-state index contributed by atoms with van der Waals surface area (Å²) in [6.45, 7) is 1.97. The van der Waals surface area contributed by atoms with Gasteiger partial charge in [0.15, 0.2) is 0 Å². The number of aryl methyl sites for hydroxylation is 1. The number of aromatic nitrogens is 1. The summed E-state index contributed by atoms with van der Waals surface area (Å²) < 4.78 is 0. The minimum absolute atomic E-state index is 0. The lowest BCUT2D eigenvalue weighted by Crippen LogP contribution is -2.00. The molecule has 0 radical (unpaired) electrons. The lowest BCUT2D eigenvalue weighted by molar-refractivity contribution is 0.0690. The molecule has 0 atom stereocenters. The lowest BCUT2D eigenvalue weighted by atomic mass is 10.2. The Morgan fingerprint density at radius 2 is 2.33 bits per heavy atom. The molecule has 1 aromatic rings. The Morgan fingerprint density at radius 3 is 2.83 bits per heavy atom. The summed E-state index contributed by atoms with van der Waals surface area (Å²) in [5.74, 6) is -0.972. The van der Waals surface area contributed by atoms with Gasteiger partial charge in [0, 0.05) is 6.20 Å². The van der Waals surface area contributed by atoms with Gasteiger partial charge in [0.2, 0.25) is 0 Å². The maximum atomic E-state index is 10.4. The molecule has 0 unspecified atom stereocenters. The molecule has 0 saturated heterocycles. The average molecular weight is 188 g/mol. The van der Waals surface area contributed by atoms with E-state index in [-0.39, 0.29) is 18.1 Å². The summed E-state index contributed by atoms with van der Waals surface area (Å²) in [4.78, 5) is 14.1. The quantitative estimate of drug-likeness (QED) is 0.768. The van der Waals surface area contributed by atoms with Crippen LogP contribution in [0.4, 0.5) is 0 Å². The Labute approximate surface area is 76.9 Å². The highest BCUT2D eigenvalue weighted by atomic mass is 35.5. The summed E-state index contributed by atoms with van der Waals surface area (Å²) in [5.41, 5.74) is 1.11. The number of halogens is 1. The minimum atomic E-state index is -0.972. The van der Waals surface area contributed by atoms with Gasteiger partial charge in [-0.15, -0.1) is 12.4 Å². The number of aromatic carboxylic acids is 1. The van der Waals surface area contributed by atoms with Crippen LogP contribution in [0.5, 0.6) is 0 Å². The van der Waals surface area contributed by atoms with Gasteiger partial charge in [0.05, 0.1) is 0 Å². The predicted molar refractivity (Wildman–Crippen MR) is 47.8 cm³/mol. The molecular weight excluding hydrogens is 178 g/mol. The minimum Gasteiger partial charge on any atom is -0.477 e. The molecule has 0 spiro atoms. The standard InChI is InChI=1S/C8H9NO2.ClH/c1-2-6-3-4-9-7(5-6)8(10)11;/h3-5H,2H2,1H3,(H,10,11);1H. The van der Waals surface area contributed by atoms with Crippen LogP contribution in [0.1, 0.15) is 23.0 Å². The first kappa shape index (κ1) is 10.9. The zero-order chi connectivity index (χ0) is 8.27. The van der Waals surface area contributed by atoms with Crippen LogP contribution in [0.15, 0.2) is 18.3 Å². The van der Waals surface area contributed by atoms with Crippen LogP contribution in [0.2, 0.25) is 0 Å². The maximum Gasteiger partial charge on any atom is 0.354 e. The third-order valence-electron chi connectivity index (χ3n) is 1.45. The van der Waals surface area contributed by atoms with Crippen LogP contribution in [-0.4, -0.2) is 16.1 Å². The molecule has 0 aliphatic heterocycles. The van der Waals surface area contributed by atoms with Gasteiger partial charge in [0.1, 0.15) is 5.69 Å². The van der Waals surface area contributed by atoms with E-state index in [9.17, 15) is 4.79 Å². The molecular formula is C8H10ClNO2. The predicted octanol–water partition coefficient (Wildman–Crippen LogP) is 1.76. The summed E-state index contributed by atoms with van der Waals surface area (Å²) >= 11 is 0. The monoisotopic (exact) mass is 187 g/mol. The van der Waals surface area contributed by atoms with Crippen LogP contribution < -0.4 is 0 Å². The van der Waals surface area contributed by atoms with Crippen molar-refractivity contribution < 1.29 is 9.90 Å². The fourth-order valence-electron chi connectivity index (χ4n) is 0.811. The van der Waals surface area contributed by atoms with Crippen LogP contribution in [-0.2, 0) is 6.42 Å². The van der Waals surface area contributed by atoms with Gasteiger partial charge < -0.3 is 5.11 Å². The first-order chi connectivity index (χ1) is 5.24. The van der Waals surface area contributed by atoms with Crippen molar-refractivity contribution in [2.45, 2.75) is 13.3 Å². The number of carbonyl (C=O) groups is 1. The fraction of sp³-hybridized carbons (Fsp3) is 0.250. The molecule has 12 heavy (non-hydrogen) atoms. The Bertz CT molecular complexity index is 276. The van der Waals surface area contributed by atoms with Crippen molar-refractivity contribution >= 4 is 18.4 Å². The molecule has 0 bridgehead atoms. The Morgan fingerprint density at radius 1 is 1.67 bits per heavy atom. The number of pyridine rings is 1. The van der Waals surface area contributed by atoms with Crippen LogP contribution in [0, 0.1) is 0 Å². The highest BCUT2D eigenvalue weighted by molar-refractivity contribution is 5.85.